The smallest absolute Gasteiger partial charge is 0.270 e. The minimum absolute atomic E-state index is 0.0264. The van der Waals surface area contributed by atoms with Crippen LogP contribution in [0.4, 0.5) is 5.69 Å². The second-order valence-electron chi connectivity index (χ2n) is 11.0. The lowest BCUT2D eigenvalue weighted by molar-refractivity contribution is -0.110. The highest BCUT2D eigenvalue weighted by atomic mass is 35.5. The first-order valence-electron chi connectivity index (χ1n) is 15.4. The first-order valence-corrected chi connectivity index (χ1v) is 15.7. The van der Waals surface area contributed by atoms with Gasteiger partial charge in [0.1, 0.15) is 11.5 Å². The number of aliphatic hydroxyl groups is 1. The van der Waals surface area contributed by atoms with Crippen molar-refractivity contribution >= 4 is 28.9 Å². The van der Waals surface area contributed by atoms with E-state index in [4.69, 9.17) is 21.3 Å². The molecule has 8 heteroatoms. The van der Waals surface area contributed by atoms with E-state index in [0.717, 1.165) is 57.7 Å². The van der Waals surface area contributed by atoms with E-state index in [1.165, 1.54) is 5.57 Å². The number of rotatable bonds is 10. The van der Waals surface area contributed by atoms with Crippen LogP contribution in [-0.4, -0.2) is 36.9 Å². The summed E-state index contributed by atoms with van der Waals surface area (Å²) in [6.45, 7) is 15.7. The van der Waals surface area contributed by atoms with Crippen molar-refractivity contribution in [2.75, 3.05) is 25.5 Å². The number of halogens is 1. The Labute approximate surface area is 267 Å². The molecule has 0 aliphatic carbocycles. The lowest BCUT2D eigenvalue weighted by Crippen LogP contribution is -2.30. The van der Waals surface area contributed by atoms with Gasteiger partial charge < -0.3 is 20.5 Å². The Morgan fingerprint density at radius 1 is 1.05 bits per heavy atom. The third-order valence-electron chi connectivity index (χ3n) is 7.71. The van der Waals surface area contributed by atoms with Gasteiger partial charge >= 0.3 is 0 Å². The lowest BCUT2D eigenvalue weighted by Gasteiger charge is -2.23. The standard InChI is InChI=1S/C34H41ClN4O3.C2H6/c1-20(2)32(38-30-18-37-16-15-21(30)3)33(41)39-29-12-8-10-26(23(29)5)25-9-7-11-27(22(25)4)34(36-6)42-31-14-13-24(19-40)17-28(31)35;1-2/h7-14,17,20,34,36-37,40H,15-16,18-19H2,1-6H3,(H,39,41);1-2H3. The number of nitrogens with one attached hydrogen (secondary N) is 3. The summed E-state index contributed by atoms with van der Waals surface area (Å²) in [5.74, 6) is 0.312. The lowest BCUT2D eigenvalue weighted by atomic mass is 9.92. The van der Waals surface area contributed by atoms with Crippen LogP contribution in [0.5, 0.6) is 5.75 Å². The molecule has 7 nitrogen and oxygen atoms in total. The Morgan fingerprint density at radius 3 is 2.34 bits per heavy atom. The molecule has 0 spiro atoms. The molecule has 1 amide bonds. The molecule has 1 unspecified atom stereocenters. The van der Waals surface area contributed by atoms with Crippen LogP contribution in [0.25, 0.3) is 11.1 Å². The number of ether oxygens (including phenoxy) is 1. The van der Waals surface area contributed by atoms with Gasteiger partial charge in [-0.15, -0.1) is 0 Å². The van der Waals surface area contributed by atoms with E-state index in [0.29, 0.717) is 23.0 Å². The predicted octanol–water partition coefficient (Wildman–Crippen LogP) is 7.74. The highest BCUT2D eigenvalue weighted by molar-refractivity contribution is 6.44. The second kappa shape index (κ2) is 16.5. The summed E-state index contributed by atoms with van der Waals surface area (Å²) in [5, 5.41) is 19.6. The van der Waals surface area contributed by atoms with E-state index < -0.39 is 6.23 Å². The van der Waals surface area contributed by atoms with E-state index >= 15 is 0 Å². The first-order chi connectivity index (χ1) is 21.1. The van der Waals surface area contributed by atoms with Crippen LogP contribution in [0, 0.1) is 19.8 Å². The summed E-state index contributed by atoms with van der Waals surface area (Å²) in [7, 11) is 1.84. The fourth-order valence-corrected chi connectivity index (χ4v) is 5.37. The molecule has 1 atom stereocenters. The monoisotopic (exact) mass is 618 g/mol. The number of carbonyl (C=O) groups excluding carboxylic acids is 1. The Hall–Kier alpha value is -3.49. The van der Waals surface area contributed by atoms with Gasteiger partial charge in [0, 0.05) is 23.7 Å². The number of hydrogen-bond donors (Lipinski definition) is 4. The summed E-state index contributed by atoms with van der Waals surface area (Å²) >= 11 is 6.43. The maximum Gasteiger partial charge on any atom is 0.270 e. The summed E-state index contributed by atoms with van der Waals surface area (Å²) < 4.78 is 6.27. The number of aliphatic hydroxyl groups excluding tert-OH is 1. The molecule has 1 aliphatic rings. The maximum absolute atomic E-state index is 13.5. The summed E-state index contributed by atoms with van der Waals surface area (Å²) in [6, 6.07) is 17.3. The van der Waals surface area contributed by atoms with Crippen LogP contribution < -0.4 is 20.7 Å². The van der Waals surface area contributed by atoms with Crippen molar-refractivity contribution < 1.29 is 14.6 Å². The topological polar surface area (TPSA) is 95.0 Å². The molecule has 44 heavy (non-hydrogen) atoms. The first kappa shape index (κ1) is 35.0. The van der Waals surface area contributed by atoms with Crippen LogP contribution >= 0.6 is 11.6 Å². The molecular weight excluding hydrogens is 572 g/mol. The van der Waals surface area contributed by atoms with Gasteiger partial charge in [-0.05, 0) is 92.4 Å². The van der Waals surface area contributed by atoms with Gasteiger partial charge in [-0.3, -0.25) is 15.1 Å². The van der Waals surface area contributed by atoms with E-state index in [1.807, 2.05) is 65.9 Å². The molecule has 4 N–H and O–H groups in total. The van der Waals surface area contributed by atoms with Gasteiger partial charge in [0.2, 0.25) is 0 Å². The highest BCUT2D eigenvalue weighted by Crippen LogP contribution is 2.36. The number of carbonyl (C=O) groups is 1. The van der Waals surface area contributed by atoms with Crippen LogP contribution in [0.2, 0.25) is 5.02 Å². The van der Waals surface area contributed by atoms with Gasteiger partial charge in [0.05, 0.1) is 17.3 Å². The fraction of sp³-hybridized carbons (Fsp3) is 0.389. The van der Waals surface area contributed by atoms with E-state index in [2.05, 4.69) is 41.9 Å². The van der Waals surface area contributed by atoms with Crippen molar-refractivity contribution in [1.29, 1.82) is 0 Å². The van der Waals surface area contributed by atoms with Crippen molar-refractivity contribution in [1.82, 2.24) is 10.6 Å². The van der Waals surface area contributed by atoms with Crippen LogP contribution in [0.1, 0.15) is 69.5 Å². The molecule has 0 saturated heterocycles. The molecule has 4 rings (SSSR count). The zero-order valence-corrected chi connectivity index (χ0v) is 28.0. The zero-order valence-electron chi connectivity index (χ0n) is 27.3. The van der Waals surface area contributed by atoms with Crippen molar-refractivity contribution in [3.8, 4) is 16.9 Å². The third-order valence-corrected chi connectivity index (χ3v) is 8.01. The van der Waals surface area contributed by atoms with Crippen molar-refractivity contribution in [2.45, 2.75) is 67.7 Å². The van der Waals surface area contributed by atoms with Gasteiger partial charge in [-0.2, -0.15) is 0 Å². The molecule has 3 aromatic carbocycles. The Bertz CT molecular complexity index is 1510. The third kappa shape index (κ3) is 8.36. The molecule has 0 bridgehead atoms. The van der Waals surface area contributed by atoms with Crippen molar-refractivity contribution in [3.05, 3.63) is 93.1 Å². The SMILES string of the molecule is CC.CNC(Oc1ccc(CO)cc1Cl)c1cccc(-c2cccc(NC(=O)C(=NC3=C(C)CCNC3)C(C)C)c2C)c1C. The quantitative estimate of drug-likeness (QED) is 0.138. The molecule has 0 saturated carbocycles. The van der Waals surface area contributed by atoms with Crippen LogP contribution in [-0.2, 0) is 11.4 Å². The number of benzene rings is 3. The van der Waals surface area contributed by atoms with Crippen LogP contribution in [0.3, 0.4) is 0 Å². The fourth-order valence-electron chi connectivity index (χ4n) is 5.12. The Balaban J connectivity index is 0.00000259. The Kier molecular flexibility index (Phi) is 13.2. The number of aliphatic imine (C=N–C) groups is 1. The molecule has 0 radical (unpaired) electrons. The summed E-state index contributed by atoms with van der Waals surface area (Å²) in [6.07, 6.45) is 0.482. The van der Waals surface area contributed by atoms with E-state index in [1.54, 1.807) is 18.2 Å². The minimum atomic E-state index is -0.456. The number of hydrogen-bond acceptors (Lipinski definition) is 6. The Morgan fingerprint density at radius 2 is 1.73 bits per heavy atom. The van der Waals surface area contributed by atoms with E-state index in [9.17, 15) is 9.90 Å². The number of nitrogens with zero attached hydrogens (tertiary/aromatic N) is 1. The van der Waals surface area contributed by atoms with Gasteiger partial charge in [-0.25, -0.2) is 0 Å². The molecular formula is C36H47ClN4O3. The number of amides is 1. The molecule has 0 fully saturated rings. The van der Waals surface area contributed by atoms with Crippen LogP contribution in [0.15, 0.2) is 70.9 Å². The average Bonchev–Trinajstić information content (AvgIpc) is 3.02. The zero-order chi connectivity index (χ0) is 32.4. The van der Waals surface area contributed by atoms with Gasteiger partial charge in [-0.1, -0.05) is 75.7 Å². The minimum Gasteiger partial charge on any atom is -0.470 e. The van der Waals surface area contributed by atoms with Crippen molar-refractivity contribution in [2.24, 2.45) is 10.9 Å². The molecule has 236 valence electrons. The van der Waals surface area contributed by atoms with Crippen molar-refractivity contribution in [3.63, 3.8) is 0 Å². The average molecular weight is 619 g/mol. The van der Waals surface area contributed by atoms with Gasteiger partial charge in [0.15, 0.2) is 6.23 Å². The maximum atomic E-state index is 13.5. The summed E-state index contributed by atoms with van der Waals surface area (Å²) in [4.78, 5) is 18.3. The molecule has 1 heterocycles. The highest BCUT2D eigenvalue weighted by Gasteiger charge is 2.21. The van der Waals surface area contributed by atoms with E-state index in [-0.39, 0.29) is 18.4 Å². The molecule has 3 aromatic rings. The largest absolute Gasteiger partial charge is 0.470 e. The second-order valence-corrected chi connectivity index (χ2v) is 11.4. The molecule has 0 aromatic heterocycles. The normalized spacial score (nSPS) is 14.2. The number of anilines is 1. The predicted molar refractivity (Wildman–Crippen MR) is 184 cm³/mol. The van der Waals surface area contributed by atoms with Gasteiger partial charge in [0.25, 0.3) is 5.91 Å². The molecule has 1 aliphatic heterocycles. The summed E-state index contributed by atoms with van der Waals surface area (Å²) in [5.41, 5.74) is 9.20.